The molecule has 19 heavy (non-hydrogen) atoms. The van der Waals surface area contributed by atoms with Crippen molar-refractivity contribution < 1.29 is 18.3 Å². The number of nitrogens with two attached hydrogens (primary N) is 1. The average Bonchev–Trinajstić information content (AvgIpc) is 2.36. The highest BCUT2D eigenvalue weighted by Crippen LogP contribution is 2.32. The maximum atomic E-state index is 12.7. The minimum absolute atomic E-state index is 0.0515. The molecule has 0 amide bonds. The van der Waals surface area contributed by atoms with Crippen molar-refractivity contribution in [3.8, 4) is 0 Å². The van der Waals surface area contributed by atoms with E-state index >= 15 is 0 Å². The first-order chi connectivity index (χ1) is 8.77. The van der Waals surface area contributed by atoms with Crippen LogP contribution in [0.1, 0.15) is 19.4 Å². The Bertz CT molecular complexity index is 425. The van der Waals surface area contributed by atoms with Crippen LogP contribution in [0, 0.1) is 5.92 Å². The first kappa shape index (κ1) is 15.5. The van der Waals surface area contributed by atoms with Gasteiger partial charge in [-0.05, 0) is 25.0 Å². The molecule has 1 heterocycles. The summed E-state index contributed by atoms with van der Waals surface area (Å²) in [5, 5.41) is 11.8. The number of nitrogens with one attached hydrogen (secondary N) is 2. The van der Waals surface area contributed by atoms with Crippen molar-refractivity contribution in [3.63, 3.8) is 0 Å². The topological polar surface area (TPSA) is 83.2 Å². The van der Waals surface area contributed by atoms with Gasteiger partial charge in [-0.3, -0.25) is 0 Å². The lowest BCUT2D eigenvalue weighted by Crippen LogP contribution is -2.27. The van der Waals surface area contributed by atoms with Crippen molar-refractivity contribution in [1.82, 2.24) is 4.98 Å². The Labute approximate surface area is 109 Å². The number of nitrogens with zero attached hydrogens (tertiary/aromatic N) is 1. The Morgan fingerprint density at radius 1 is 1.32 bits per heavy atom. The molecule has 0 saturated heterocycles. The number of pyridine rings is 1. The minimum atomic E-state index is -4.48. The second-order valence-electron chi connectivity index (χ2n) is 4.36. The van der Waals surface area contributed by atoms with E-state index in [1.165, 1.54) is 0 Å². The summed E-state index contributed by atoms with van der Waals surface area (Å²) in [6.07, 6.45) is -4.48. The second kappa shape index (κ2) is 6.07. The van der Waals surface area contributed by atoms with Crippen LogP contribution in [0.15, 0.2) is 12.1 Å². The highest BCUT2D eigenvalue weighted by atomic mass is 19.4. The van der Waals surface area contributed by atoms with E-state index < -0.39 is 11.7 Å². The van der Waals surface area contributed by atoms with Gasteiger partial charge >= 0.3 is 6.18 Å². The fraction of sp³-hybridized carbons (Fsp3) is 0.545. The third-order valence-electron chi connectivity index (χ3n) is 2.82. The Hall–Kier alpha value is -1.54. The molecule has 5 nitrogen and oxygen atoms in total. The summed E-state index contributed by atoms with van der Waals surface area (Å²) in [5.74, 6) is 4.95. The highest BCUT2D eigenvalue weighted by molar-refractivity contribution is 5.49. The maximum absolute atomic E-state index is 12.7. The average molecular weight is 278 g/mol. The van der Waals surface area contributed by atoms with Gasteiger partial charge in [-0.15, -0.1) is 0 Å². The molecule has 0 aliphatic carbocycles. The van der Waals surface area contributed by atoms with Gasteiger partial charge < -0.3 is 15.8 Å². The lowest BCUT2D eigenvalue weighted by molar-refractivity contribution is -0.137. The van der Waals surface area contributed by atoms with E-state index in [4.69, 9.17) is 10.9 Å². The molecule has 0 saturated carbocycles. The number of alkyl halides is 3. The van der Waals surface area contributed by atoms with E-state index in [0.29, 0.717) is 0 Å². The normalized spacial score (nSPS) is 14.9. The van der Waals surface area contributed by atoms with Crippen molar-refractivity contribution in [2.45, 2.75) is 26.1 Å². The van der Waals surface area contributed by atoms with Crippen LogP contribution in [0.25, 0.3) is 0 Å². The van der Waals surface area contributed by atoms with Crippen molar-refractivity contribution in [2.75, 3.05) is 17.3 Å². The Morgan fingerprint density at radius 2 is 1.89 bits per heavy atom. The van der Waals surface area contributed by atoms with Gasteiger partial charge in [0, 0.05) is 12.6 Å². The number of aliphatic hydroxyl groups is 1. The minimum Gasteiger partial charge on any atom is -0.396 e. The van der Waals surface area contributed by atoms with E-state index in [-0.39, 0.29) is 30.2 Å². The predicted octanol–water partition coefficient (Wildman–Crippen LogP) is 1.81. The largest absolute Gasteiger partial charge is 0.416 e. The number of halogens is 3. The van der Waals surface area contributed by atoms with Gasteiger partial charge in [0.2, 0.25) is 0 Å². The van der Waals surface area contributed by atoms with E-state index in [2.05, 4.69) is 15.7 Å². The number of hydrogen-bond acceptors (Lipinski definition) is 5. The SMILES string of the molecule is CC(CO)C(C)Nc1cc(C(F)(F)F)cc(NN)n1. The molecular weight excluding hydrogens is 261 g/mol. The molecule has 0 aromatic carbocycles. The van der Waals surface area contributed by atoms with Crippen LogP contribution in [0.3, 0.4) is 0 Å². The molecule has 0 spiro atoms. The first-order valence-corrected chi connectivity index (χ1v) is 5.71. The van der Waals surface area contributed by atoms with Crippen molar-refractivity contribution >= 4 is 11.6 Å². The lowest BCUT2D eigenvalue weighted by Gasteiger charge is -2.21. The molecular formula is C11H17F3N4O. The van der Waals surface area contributed by atoms with Crippen LogP contribution in [-0.2, 0) is 6.18 Å². The highest BCUT2D eigenvalue weighted by Gasteiger charge is 2.31. The van der Waals surface area contributed by atoms with E-state index in [0.717, 1.165) is 12.1 Å². The number of nitrogen functional groups attached to an aromatic ring is 1. The summed E-state index contributed by atoms with van der Waals surface area (Å²) in [7, 11) is 0. The third kappa shape index (κ3) is 4.25. The summed E-state index contributed by atoms with van der Waals surface area (Å²) < 4.78 is 38.0. The number of hydrogen-bond donors (Lipinski definition) is 4. The molecule has 0 fully saturated rings. The van der Waals surface area contributed by atoms with Gasteiger partial charge in [0.1, 0.15) is 11.6 Å². The number of rotatable bonds is 5. The summed E-state index contributed by atoms with van der Waals surface area (Å²) >= 11 is 0. The third-order valence-corrected chi connectivity index (χ3v) is 2.82. The van der Waals surface area contributed by atoms with Crippen LogP contribution in [0.5, 0.6) is 0 Å². The standard InChI is InChI=1S/C11H17F3N4O/c1-6(5-19)7(2)16-9-3-8(11(12,13)14)4-10(17-9)18-15/h3-4,6-7,19H,5,15H2,1-2H3,(H2,16,17,18). The Balaban J connectivity index is 3.01. The van der Waals surface area contributed by atoms with Crippen LogP contribution >= 0.6 is 0 Å². The maximum Gasteiger partial charge on any atom is 0.416 e. The zero-order chi connectivity index (χ0) is 14.6. The molecule has 1 aromatic heterocycles. The zero-order valence-corrected chi connectivity index (χ0v) is 10.6. The van der Waals surface area contributed by atoms with Crippen LogP contribution in [-0.4, -0.2) is 22.7 Å². The molecule has 2 atom stereocenters. The van der Waals surface area contributed by atoms with Crippen LogP contribution in [0.2, 0.25) is 0 Å². The summed E-state index contributed by atoms with van der Waals surface area (Å²) in [6.45, 7) is 3.45. The number of hydrazine groups is 1. The predicted molar refractivity (Wildman–Crippen MR) is 66.4 cm³/mol. The second-order valence-corrected chi connectivity index (χ2v) is 4.36. The smallest absolute Gasteiger partial charge is 0.396 e. The van der Waals surface area contributed by atoms with E-state index in [1.807, 2.05) is 0 Å². The number of aromatic nitrogens is 1. The van der Waals surface area contributed by atoms with E-state index in [9.17, 15) is 13.2 Å². The molecule has 2 unspecified atom stereocenters. The van der Waals surface area contributed by atoms with Crippen molar-refractivity contribution in [1.29, 1.82) is 0 Å². The molecule has 0 bridgehead atoms. The zero-order valence-electron chi connectivity index (χ0n) is 10.6. The molecule has 108 valence electrons. The molecule has 0 aliphatic rings. The fourth-order valence-electron chi connectivity index (χ4n) is 1.38. The fourth-order valence-corrected chi connectivity index (χ4v) is 1.38. The van der Waals surface area contributed by atoms with Gasteiger partial charge in [0.05, 0.1) is 5.56 Å². The molecule has 0 aliphatic heterocycles. The van der Waals surface area contributed by atoms with E-state index in [1.54, 1.807) is 13.8 Å². The van der Waals surface area contributed by atoms with Gasteiger partial charge in [-0.2, -0.15) is 13.2 Å². The summed E-state index contributed by atoms with van der Waals surface area (Å²) in [4.78, 5) is 3.89. The van der Waals surface area contributed by atoms with Gasteiger partial charge in [-0.1, -0.05) is 6.92 Å². The molecule has 1 rings (SSSR count). The van der Waals surface area contributed by atoms with Gasteiger partial charge in [0.15, 0.2) is 0 Å². The van der Waals surface area contributed by atoms with Crippen molar-refractivity contribution in [2.24, 2.45) is 11.8 Å². The summed E-state index contributed by atoms with van der Waals surface area (Å²) in [6, 6.07) is 1.50. The molecule has 0 radical (unpaired) electrons. The number of aliphatic hydroxyl groups excluding tert-OH is 1. The summed E-state index contributed by atoms with van der Waals surface area (Å²) in [5.41, 5.74) is 1.25. The van der Waals surface area contributed by atoms with Crippen LogP contribution < -0.4 is 16.6 Å². The first-order valence-electron chi connectivity index (χ1n) is 5.71. The Morgan fingerprint density at radius 3 is 2.37 bits per heavy atom. The molecule has 8 heteroatoms. The monoisotopic (exact) mass is 278 g/mol. The quantitative estimate of drug-likeness (QED) is 0.488. The Kier molecular flexibility index (Phi) is 4.96. The van der Waals surface area contributed by atoms with Gasteiger partial charge in [0.25, 0.3) is 0 Å². The van der Waals surface area contributed by atoms with Gasteiger partial charge in [-0.25, -0.2) is 10.8 Å². The van der Waals surface area contributed by atoms with Crippen molar-refractivity contribution in [3.05, 3.63) is 17.7 Å². The number of anilines is 2. The molecule has 5 N–H and O–H groups in total. The lowest BCUT2D eigenvalue weighted by atomic mass is 10.1. The van der Waals surface area contributed by atoms with Crippen LogP contribution in [0.4, 0.5) is 24.8 Å². The molecule has 1 aromatic rings.